The molecular formula is C11H15F2NO. The van der Waals surface area contributed by atoms with Gasteiger partial charge in [0.15, 0.2) is 0 Å². The van der Waals surface area contributed by atoms with E-state index in [1.165, 1.54) is 18.2 Å². The van der Waals surface area contributed by atoms with Crippen LogP contribution in [-0.4, -0.2) is 12.6 Å². The van der Waals surface area contributed by atoms with Crippen LogP contribution in [0.25, 0.3) is 0 Å². The number of halogens is 2. The van der Waals surface area contributed by atoms with E-state index in [1.807, 2.05) is 6.92 Å². The molecule has 0 heterocycles. The van der Waals surface area contributed by atoms with Gasteiger partial charge in [-0.25, -0.2) is 8.78 Å². The minimum Gasteiger partial charge on any atom is -0.375 e. The maximum atomic E-state index is 13.1. The molecule has 0 aliphatic rings. The number of hydrogen-bond donors (Lipinski definition) is 1. The number of rotatable bonds is 5. The van der Waals surface area contributed by atoms with E-state index < -0.39 is 11.6 Å². The van der Waals surface area contributed by atoms with E-state index in [2.05, 4.69) is 0 Å². The Bertz CT molecular complexity index is 297. The first kappa shape index (κ1) is 12.1. The van der Waals surface area contributed by atoms with Gasteiger partial charge in [0.05, 0.1) is 13.2 Å². The Morgan fingerprint density at radius 1 is 1.33 bits per heavy atom. The van der Waals surface area contributed by atoms with E-state index in [0.717, 1.165) is 6.42 Å². The normalized spacial score (nSPS) is 12.8. The molecule has 4 heteroatoms. The lowest BCUT2D eigenvalue weighted by molar-refractivity contribution is 0.102. The van der Waals surface area contributed by atoms with Gasteiger partial charge in [-0.05, 0) is 18.6 Å². The standard InChI is InChI=1S/C11H15F2NO/c1-2-8(14)6-15-7-9-10(12)4-3-5-11(9)13/h3-5,8H,2,6-7,14H2,1H3/t8-/m1/s1. The first-order valence-corrected chi connectivity index (χ1v) is 4.91. The van der Waals surface area contributed by atoms with E-state index >= 15 is 0 Å². The van der Waals surface area contributed by atoms with Gasteiger partial charge in [-0.15, -0.1) is 0 Å². The molecule has 84 valence electrons. The average Bonchev–Trinajstić information content (AvgIpc) is 2.22. The van der Waals surface area contributed by atoms with E-state index in [0.29, 0.717) is 6.61 Å². The van der Waals surface area contributed by atoms with Gasteiger partial charge in [-0.1, -0.05) is 13.0 Å². The minimum absolute atomic E-state index is 0.0409. The molecule has 1 aromatic rings. The Labute approximate surface area is 88.0 Å². The Morgan fingerprint density at radius 2 is 1.93 bits per heavy atom. The van der Waals surface area contributed by atoms with E-state index in [4.69, 9.17) is 10.5 Å². The molecule has 0 bridgehead atoms. The molecule has 0 saturated carbocycles. The maximum absolute atomic E-state index is 13.1. The topological polar surface area (TPSA) is 35.2 Å². The van der Waals surface area contributed by atoms with Crippen LogP contribution in [-0.2, 0) is 11.3 Å². The van der Waals surface area contributed by atoms with Crippen molar-refractivity contribution in [2.45, 2.75) is 26.0 Å². The number of hydrogen-bond acceptors (Lipinski definition) is 2. The molecule has 2 N–H and O–H groups in total. The van der Waals surface area contributed by atoms with Gasteiger partial charge in [-0.2, -0.15) is 0 Å². The molecule has 0 amide bonds. The fourth-order valence-corrected chi connectivity index (χ4v) is 1.10. The molecule has 0 unspecified atom stereocenters. The summed E-state index contributed by atoms with van der Waals surface area (Å²) in [6, 6.07) is 3.66. The quantitative estimate of drug-likeness (QED) is 0.817. The van der Waals surface area contributed by atoms with Gasteiger partial charge in [0, 0.05) is 11.6 Å². The lowest BCUT2D eigenvalue weighted by Crippen LogP contribution is -2.25. The zero-order chi connectivity index (χ0) is 11.3. The van der Waals surface area contributed by atoms with Crippen LogP contribution in [0, 0.1) is 11.6 Å². The molecule has 0 radical (unpaired) electrons. The number of nitrogens with two attached hydrogens (primary N) is 1. The van der Waals surface area contributed by atoms with Gasteiger partial charge in [0.25, 0.3) is 0 Å². The summed E-state index contributed by atoms with van der Waals surface area (Å²) in [6.07, 6.45) is 0.778. The van der Waals surface area contributed by atoms with Crippen molar-refractivity contribution in [3.05, 3.63) is 35.4 Å². The van der Waals surface area contributed by atoms with Gasteiger partial charge >= 0.3 is 0 Å². The minimum atomic E-state index is -0.583. The van der Waals surface area contributed by atoms with Crippen LogP contribution < -0.4 is 5.73 Å². The lowest BCUT2D eigenvalue weighted by atomic mass is 10.2. The van der Waals surface area contributed by atoms with Crippen LogP contribution in [0.3, 0.4) is 0 Å². The third kappa shape index (κ3) is 3.57. The Hall–Kier alpha value is -1.00. The SMILES string of the molecule is CC[C@@H](N)COCc1c(F)cccc1F. The molecule has 0 aliphatic carbocycles. The molecular weight excluding hydrogens is 200 g/mol. The van der Waals surface area contributed by atoms with E-state index in [9.17, 15) is 8.78 Å². The van der Waals surface area contributed by atoms with Crippen molar-refractivity contribution in [1.29, 1.82) is 0 Å². The van der Waals surface area contributed by atoms with E-state index in [1.54, 1.807) is 0 Å². The van der Waals surface area contributed by atoms with Crippen molar-refractivity contribution >= 4 is 0 Å². The fraction of sp³-hybridized carbons (Fsp3) is 0.455. The molecule has 1 atom stereocenters. The highest BCUT2D eigenvalue weighted by atomic mass is 19.1. The van der Waals surface area contributed by atoms with Crippen LogP contribution in [0.5, 0.6) is 0 Å². The summed E-state index contributed by atoms with van der Waals surface area (Å²) in [5.41, 5.74) is 5.56. The van der Waals surface area contributed by atoms with Crippen LogP contribution in [0.4, 0.5) is 8.78 Å². The molecule has 0 fully saturated rings. The zero-order valence-corrected chi connectivity index (χ0v) is 8.67. The molecule has 0 aliphatic heterocycles. The van der Waals surface area contributed by atoms with Gasteiger partial charge < -0.3 is 10.5 Å². The number of benzene rings is 1. The first-order chi connectivity index (χ1) is 7.15. The molecule has 15 heavy (non-hydrogen) atoms. The first-order valence-electron chi connectivity index (χ1n) is 4.91. The molecule has 0 saturated heterocycles. The van der Waals surface area contributed by atoms with Crippen molar-refractivity contribution in [1.82, 2.24) is 0 Å². The highest BCUT2D eigenvalue weighted by Gasteiger charge is 2.08. The van der Waals surface area contributed by atoms with Crippen LogP contribution >= 0.6 is 0 Å². The second-order valence-corrected chi connectivity index (χ2v) is 3.38. The Balaban J connectivity index is 2.50. The molecule has 0 aromatic heterocycles. The average molecular weight is 215 g/mol. The summed E-state index contributed by atoms with van der Waals surface area (Å²) in [6.45, 7) is 2.16. The predicted octanol–water partition coefficient (Wildman–Crippen LogP) is 2.22. The smallest absolute Gasteiger partial charge is 0.131 e. The largest absolute Gasteiger partial charge is 0.375 e. The highest BCUT2D eigenvalue weighted by molar-refractivity contribution is 5.18. The summed E-state index contributed by atoms with van der Waals surface area (Å²) in [4.78, 5) is 0. The van der Waals surface area contributed by atoms with Crippen molar-refractivity contribution in [3.63, 3.8) is 0 Å². The summed E-state index contributed by atoms with van der Waals surface area (Å²) in [5, 5.41) is 0. The van der Waals surface area contributed by atoms with Crippen LogP contribution in [0.2, 0.25) is 0 Å². The summed E-state index contributed by atoms with van der Waals surface area (Å²) in [7, 11) is 0. The van der Waals surface area contributed by atoms with Crippen molar-refractivity contribution in [3.8, 4) is 0 Å². The molecule has 1 aromatic carbocycles. The zero-order valence-electron chi connectivity index (χ0n) is 8.67. The van der Waals surface area contributed by atoms with Crippen molar-refractivity contribution in [2.75, 3.05) is 6.61 Å². The number of ether oxygens (including phenoxy) is 1. The maximum Gasteiger partial charge on any atom is 0.131 e. The summed E-state index contributed by atoms with van der Waals surface area (Å²) < 4.78 is 31.3. The second kappa shape index (κ2) is 5.78. The predicted molar refractivity (Wildman–Crippen MR) is 54.3 cm³/mol. The van der Waals surface area contributed by atoms with Gasteiger partial charge in [0.2, 0.25) is 0 Å². The van der Waals surface area contributed by atoms with Gasteiger partial charge in [0.1, 0.15) is 11.6 Å². The Morgan fingerprint density at radius 3 is 2.47 bits per heavy atom. The molecule has 2 nitrogen and oxygen atoms in total. The third-order valence-corrected chi connectivity index (χ3v) is 2.16. The molecule has 0 spiro atoms. The summed E-state index contributed by atoms with van der Waals surface area (Å²) >= 11 is 0. The van der Waals surface area contributed by atoms with Gasteiger partial charge in [-0.3, -0.25) is 0 Å². The van der Waals surface area contributed by atoms with Crippen LogP contribution in [0.1, 0.15) is 18.9 Å². The lowest BCUT2D eigenvalue weighted by Gasteiger charge is -2.10. The third-order valence-electron chi connectivity index (χ3n) is 2.16. The fourth-order valence-electron chi connectivity index (χ4n) is 1.10. The summed E-state index contributed by atoms with van der Waals surface area (Å²) in [5.74, 6) is -1.17. The monoisotopic (exact) mass is 215 g/mol. The van der Waals surface area contributed by atoms with E-state index in [-0.39, 0.29) is 18.2 Å². The highest BCUT2D eigenvalue weighted by Crippen LogP contribution is 2.13. The second-order valence-electron chi connectivity index (χ2n) is 3.38. The van der Waals surface area contributed by atoms with Crippen molar-refractivity contribution in [2.24, 2.45) is 5.73 Å². The van der Waals surface area contributed by atoms with Crippen LogP contribution in [0.15, 0.2) is 18.2 Å². The van der Waals surface area contributed by atoms with Crippen molar-refractivity contribution < 1.29 is 13.5 Å². The Kier molecular flexibility index (Phi) is 4.65. The molecule has 1 rings (SSSR count).